The molecule has 0 aliphatic carbocycles. The van der Waals surface area contributed by atoms with Gasteiger partial charge in [0, 0.05) is 9.92 Å². The van der Waals surface area contributed by atoms with Gasteiger partial charge in [-0.2, -0.15) is 0 Å². The molecule has 4 rings (SSSR count). The molecule has 0 unspecified atom stereocenters. The standard InChI is InChI=1S/C23H17ClN2O5S/c1-2-30-19-6-4-3-5-18(19)26-22(28)17(21(27)25-23(26)29)13-15-9-12-20(31-15)32-16-10-7-14(24)8-11-16/h3-13H,2H2,1H3,(H,25,27,29)/b17-13+. The molecule has 1 aliphatic rings. The van der Waals surface area contributed by atoms with Crippen LogP contribution in [0.1, 0.15) is 12.7 Å². The van der Waals surface area contributed by atoms with Gasteiger partial charge >= 0.3 is 6.03 Å². The normalized spacial score (nSPS) is 15.2. The molecule has 1 saturated heterocycles. The quantitative estimate of drug-likeness (QED) is 0.397. The van der Waals surface area contributed by atoms with Gasteiger partial charge in [0.25, 0.3) is 11.8 Å². The second kappa shape index (κ2) is 9.33. The highest BCUT2D eigenvalue weighted by molar-refractivity contribution is 7.99. The average Bonchev–Trinajstić information content (AvgIpc) is 3.21. The van der Waals surface area contributed by atoms with Crippen LogP contribution >= 0.6 is 23.4 Å². The lowest BCUT2D eigenvalue weighted by molar-refractivity contribution is -0.122. The van der Waals surface area contributed by atoms with Crippen molar-refractivity contribution >= 4 is 53.0 Å². The molecule has 2 aromatic carbocycles. The van der Waals surface area contributed by atoms with Crippen molar-refractivity contribution in [1.82, 2.24) is 5.32 Å². The number of benzene rings is 2. The maximum absolute atomic E-state index is 13.1. The first-order chi connectivity index (χ1) is 15.5. The van der Waals surface area contributed by atoms with E-state index in [0.29, 0.717) is 28.2 Å². The van der Waals surface area contributed by atoms with E-state index in [-0.39, 0.29) is 11.3 Å². The van der Waals surface area contributed by atoms with Crippen molar-refractivity contribution in [1.29, 1.82) is 0 Å². The van der Waals surface area contributed by atoms with Crippen molar-refractivity contribution in [2.45, 2.75) is 16.9 Å². The summed E-state index contributed by atoms with van der Waals surface area (Å²) >= 11 is 7.27. The van der Waals surface area contributed by atoms with E-state index in [1.54, 1.807) is 55.5 Å². The van der Waals surface area contributed by atoms with E-state index in [1.807, 2.05) is 12.1 Å². The largest absolute Gasteiger partial charge is 0.492 e. The minimum absolute atomic E-state index is 0.228. The van der Waals surface area contributed by atoms with Gasteiger partial charge < -0.3 is 9.15 Å². The molecule has 1 fully saturated rings. The van der Waals surface area contributed by atoms with Gasteiger partial charge in [0.15, 0.2) is 5.09 Å². The van der Waals surface area contributed by atoms with Crippen LogP contribution in [0, 0.1) is 0 Å². The van der Waals surface area contributed by atoms with Gasteiger partial charge in [-0.1, -0.05) is 35.5 Å². The average molecular weight is 469 g/mol. The third-order valence-electron chi connectivity index (χ3n) is 4.43. The minimum atomic E-state index is -0.845. The van der Waals surface area contributed by atoms with Crippen LogP contribution in [0.5, 0.6) is 5.75 Å². The van der Waals surface area contributed by atoms with Crippen LogP contribution in [0.3, 0.4) is 0 Å². The zero-order valence-electron chi connectivity index (χ0n) is 16.8. The van der Waals surface area contributed by atoms with Gasteiger partial charge in [0.1, 0.15) is 17.1 Å². The fourth-order valence-corrected chi connectivity index (χ4v) is 3.93. The number of ether oxygens (including phenoxy) is 1. The minimum Gasteiger partial charge on any atom is -0.492 e. The third-order valence-corrected chi connectivity index (χ3v) is 5.61. The summed E-state index contributed by atoms with van der Waals surface area (Å²) in [4.78, 5) is 39.7. The maximum Gasteiger partial charge on any atom is 0.336 e. The van der Waals surface area contributed by atoms with Crippen LogP contribution in [-0.4, -0.2) is 24.5 Å². The molecule has 1 N–H and O–H groups in total. The summed E-state index contributed by atoms with van der Waals surface area (Å²) in [6.45, 7) is 2.14. The summed E-state index contributed by atoms with van der Waals surface area (Å²) in [6, 6.07) is 16.4. The van der Waals surface area contributed by atoms with Crippen molar-refractivity contribution in [2.24, 2.45) is 0 Å². The Hall–Kier alpha value is -3.49. The summed E-state index contributed by atoms with van der Waals surface area (Å²) in [5.74, 6) is -0.915. The second-order valence-corrected chi connectivity index (χ2v) is 8.09. The van der Waals surface area contributed by atoms with Gasteiger partial charge in [0.2, 0.25) is 0 Å². The fraction of sp³-hybridized carbons (Fsp3) is 0.0870. The number of nitrogens with zero attached hydrogens (tertiary/aromatic N) is 1. The van der Waals surface area contributed by atoms with Gasteiger partial charge in [-0.3, -0.25) is 14.9 Å². The van der Waals surface area contributed by atoms with Crippen molar-refractivity contribution in [3.05, 3.63) is 77.0 Å². The first kappa shape index (κ1) is 21.7. The van der Waals surface area contributed by atoms with Crippen molar-refractivity contribution in [3.8, 4) is 5.75 Å². The molecule has 2 heterocycles. The van der Waals surface area contributed by atoms with E-state index in [0.717, 1.165) is 9.80 Å². The van der Waals surface area contributed by atoms with E-state index in [4.69, 9.17) is 20.8 Å². The van der Waals surface area contributed by atoms with Gasteiger partial charge in [-0.05, 0) is 61.5 Å². The lowest BCUT2D eigenvalue weighted by atomic mass is 10.1. The highest BCUT2D eigenvalue weighted by atomic mass is 35.5. The molecule has 1 aromatic heterocycles. The van der Waals surface area contributed by atoms with E-state index in [1.165, 1.54) is 17.8 Å². The molecular weight excluding hydrogens is 452 g/mol. The number of barbiturate groups is 1. The van der Waals surface area contributed by atoms with Crippen LogP contribution in [0.25, 0.3) is 6.08 Å². The van der Waals surface area contributed by atoms with Crippen LogP contribution in [-0.2, 0) is 9.59 Å². The van der Waals surface area contributed by atoms with Gasteiger partial charge in [-0.25, -0.2) is 9.69 Å². The summed E-state index contributed by atoms with van der Waals surface area (Å²) < 4.78 is 11.3. The summed E-state index contributed by atoms with van der Waals surface area (Å²) in [6.07, 6.45) is 1.31. The number of nitrogens with one attached hydrogen (secondary N) is 1. The third kappa shape index (κ3) is 4.56. The van der Waals surface area contributed by atoms with Crippen molar-refractivity contribution in [3.63, 3.8) is 0 Å². The number of hydrogen-bond donors (Lipinski definition) is 1. The first-order valence-electron chi connectivity index (χ1n) is 9.63. The Balaban J connectivity index is 1.61. The lowest BCUT2D eigenvalue weighted by Crippen LogP contribution is -2.54. The molecule has 0 bridgehead atoms. The molecule has 32 heavy (non-hydrogen) atoms. The Morgan fingerprint density at radius 1 is 1.06 bits per heavy atom. The number of amides is 4. The van der Waals surface area contributed by atoms with Crippen LogP contribution in [0.2, 0.25) is 5.02 Å². The number of halogens is 1. The van der Waals surface area contributed by atoms with Crippen molar-refractivity contribution in [2.75, 3.05) is 11.5 Å². The maximum atomic E-state index is 13.1. The summed E-state index contributed by atoms with van der Waals surface area (Å²) in [5.41, 5.74) is 0.0157. The Labute approximate surface area is 193 Å². The second-order valence-electron chi connectivity index (χ2n) is 6.57. The molecule has 4 amide bonds. The number of para-hydroxylation sites is 2. The number of anilines is 1. The molecule has 162 valence electrons. The Kier molecular flexibility index (Phi) is 6.34. The summed E-state index contributed by atoms with van der Waals surface area (Å²) in [5, 5.41) is 3.39. The number of rotatable bonds is 6. The fourth-order valence-electron chi connectivity index (χ4n) is 3.02. The number of carbonyl (C=O) groups is 3. The Bertz CT molecular complexity index is 1220. The lowest BCUT2D eigenvalue weighted by Gasteiger charge is -2.27. The van der Waals surface area contributed by atoms with Gasteiger partial charge in [0.05, 0.1) is 12.3 Å². The molecule has 7 nitrogen and oxygen atoms in total. The van der Waals surface area contributed by atoms with Crippen LogP contribution in [0.4, 0.5) is 10.5 Å². The van der Waals surface area contributed by atoms with Crippen LogP contribution in [0.15, 0.2) is 80.6 Å². The molecule has 0 saturated carbocycles. The number of hydrogen-bond acceptors (Lipinski definition) is 6. The number of urea groups is 1. The molecule has 0 atom stereocenters. The molecule has 0 radical (unpaired) electrons. The summed E-state index contributed by atoms with van der Waals surface area (Å²) in [7, 11) is 0. The number of carbonyl (C=O) groups excluding carboxylic acids is 3. The molecular formula is C23H17ClN2O5S. The highest BCUT2D eigenvalue weighted by Gasteiger charge is 2.38. The zero-order valence-corrected chi connectivity index (χ0v) is 18.4. The molecule has 9 heteroatoms. The predicted molar refractivity (Wildman–Crippen MR) is 121 cm³/mol. The Morgan fingerprint density at radius 3 is 2.56 bits per heavy atom. The smallest absolute Gasteiger partial charge is 0.336 e. The zero-order chi connectivity index (χ0) is 22.7. The Morgan fingerprint density at radius 2 is 1.81 bits per heavy atom. The SMILES string of the molecule is CCOc1ccccc1N1C(=O)NC(=O)/C(=C\c2ccc(Sc3ccc(Cl)cc3)o2)C1=O. The van der Waals surface area contributed by atoms with Crippen molar-refractivity contribution < 1.29 is 23.5 Å². The number of imide groups is 2. The van der Waals surface area contributed by atoms with E-state index in [2.05, 4.69) is 5.32 Å². The van der Waals surface area contributed by atoms with Crippen LogP contribution < -0.4 is 15.0 Å². The van der Waals surface area contributed by atoms with E-state index >= 15 is 0 Å². The van der Waals surface area contributed by atoms with Gasteiger partial charge in [-0.15, -0.1) is 0 Å². The molecule has 1 aliphatic heterocycles. The highest BCUT2D eigenvalue weighted by Crippen LogP contribution is 2.33. The molecule has 0 spiro atoms. The topological polar surface area (TPSA) is 88.8 Å². The number of furan rings is 1. The van der Waals surface area contributed by atoms with E-state index in [9.17, 15) is 14.4 Å². The van der Waals surface area contributed by atoms with E-state index < -0.39 is 17.8 Å². The predicted octanol–water partition coefficient (Wildman–Crippen LogP) is 5.15. The monoisotopic (exact) mass is 468 g/mol. The molecule has 3 aromatic rings. The first-order valence-corrected chi connectivity index (χ1v) is 10.8.